The second-order valence-corrected chi connectivity index (χ2v) is 8.74. The van der Waals surface area contributed by atoms with E-state index in [1.54, 1.807) is 25.3 Å². The third-order valence-corrected chi connectivity index (χ3v) is 6.42. The lowest BCUT2D eigenvalue weighted by atomic mass is 9.90. The molecule has 0 bridgehead atoms. The summed E-state index contributed by atoms with van der Waals surface area (Å²) >= 11 is 6.12. The number of methoxy groups -OCH3 is 1. The normalized spacial score (nSPS) is 13.8. The van der Waals surface area contributed by atoms with Gasteiger partial charge in [-0.2, -0.15) is 0 Å². The Labute approximate surface area is 207 Å². The Kier molecular flexibility index (Phi) is 6.33. The first-order valence-corrected chi connectivity index (χ1v) is 11.6. The topological polar surface area (TPSA) is 83.7 Å². The van der Waals surface area contributed by atoms with Crippen LogP contribution in [0.4, 0.5) is 5.69 Å². The minimum absolute atomic E-state index is 0.108. The summed E-state index contributed by atoms with van der Waals surface area (Å²) in [6.07, 6.45) is 1.98. The SMILES string of the molecule is COc1ccc(C(CNC(=O)CN2C(=O)COc3ccc(Cl)cc32)c2c[nH]c3ccccc23)cc1. The Bertz CT molecular complexity index is 1380. The van der Waals surface area contributed by atoms with Crippen molar-refractivity contribution in [2.45, 2.75) is 5.92 Å². The molecule has 0 saturated heterocycles. The summed E-state index contributed by atoms with van der Waals surface area (Å²) < 4.78 is 10.8. The number of H-pyrrole nitrogens is 1. The molecule has 0 radical (unpaired) electrons. The van der Waals surface area contributed by atoms with Crippen LogP contribution in [0.5, 0.6) is 11.5 Å². The highest BCUT2D eigenvalue weighted by Crippen LogP contribution is 2.34. The summed E-state index contributed by atoms with van der Waals surface area (Å²) in [6.45, 7) is 0.110. The standard InChI is InChI=1S/C27H24ClN3O4/c1-34-19-9-6-17(7-10-19)21(22-14-29-23-5-3-2-4-20(22)23)13-30-26(32)15-31-24-12-18(28)8-11-25(24)35-16-27(31)33/h2-12,14,21,29H,13,15-16H2,1H3,(H,30,32). The molecular weight excluding hydrogens is 466 g/mol. The fraction of sp³-hybridized carbons (Fsp3) is 0.185. The van der Waals surface area contributed by atoms with Gasteiger partial charge >= 0.3 is 0 Å². The highest BCUT2D eigenvalue weighted by atomic mass is 35.5. The monoisotopic (exact) mass is 489 g/mol. The number of fused-ring (bicyclic) bond motifs is 2. The highest BCUT2D eigenvalue weighted by Gasteiger charge is 2.28. The van der Waals surface area contributed by atoms with E-state index in [4.69, 9.17) is 21.1 Å². The molecule has 2 amide bonds. The zero-order valence-corrected chi connectivity index (χ0v) is 19.8. The molecular formula is C27H24ClN3O4. The predicted octanol–water partition coefficient (Wildman–Crippen LogP) is 4.50. The van der Waals surface area contributed by atoms with E-state index >= 15 is 0 Å². The van der Waals surface area contributed by atoms with Gasteiger partial charge < -0.3 is 19.8 Å². The first-order valence-electron chi connectivity index (χ1n) is 11.2. The summed E-state index contributed by atoms with van der Waals surface area (Å²) in [5.41, 5.74) is 3.63. The second-order valence-electron chi connectivity index (χ2n) is 8.30. The van der Waals surface area contributed by atoms with Gasteiger partial charge in [-0.15, -0.1) is 0 Å². The van der Waals surface area contributed by atoms with Crippen LogP contribution in [-0.4, -0.2) is 43.6 Å². The van der Waals surface area contributed by atoms with Gasteiger partial charge in [0.05, 0.1) is 12.8 Å². The van der Waals surface area contributed by atoms with Crippen LogP contribution in [0.25, 0.3) is 10.9 Å². The van der Waals surface area contributed by atoms with Crippen LogP contribution in [-0.2, 0) is 9.59 Å². The zero-order chi connectivity index (χ0) is 24.4. The molecule has 35 heavy (non-hydrogen) atoms. The van der Waals surface area contributed by atoms with Gasteiger partial charge in [0.25, 0.3) is 5.91 Å². The molecule has 0 saturated carbocycles. The third-order valence-electron chi connectivity index (χ3n) is 6.18. The smallest absolute Gasteiger partial charge is 0.265 e. The van der Waals surface area contributed by atoms with Gasteiger partial charge in [-0.25, -0.2) is 0 Å². The number of nitrogens with one attached hydrogen (secondary N) is 2. The van der Waals surface area contributed by atoms with Gasteiger partial charge in [-0.3, -0.25) is 14.5 Å². The molecule has 3 aromatic carbocycles. The first kappa shape index (κ1) is 22.8. The fourth-order valence-electron chi connectivity index (χ4n) is 4.39. The van der Waals surface area contributed by atoms with Crippen molar-refractivity contribution < 1.29 is 19.1 Å². The molecule has 0 spiro atoms. The maximum absolute atomic E-state index is 13.0. The van der Waals surface area contributed by atoms with E-state index < -0.39 is 0 Å². The number of halogens is 1. The third kappa shape index (κ3) is 4.68. The van der Waals surface area contributed by atoms with Crippen molar-refractivity contribution in [3.05, 3.63) is 89.1 Å². The van der Waals surface area contributed by atoms with Crippen molar-refractivity contribution in [1.29, 1.82) is 0 Å². The number of hydrogen-bond donors (Lipinski definition) is 2. The molecule has 4 aromatic rings. The summed E-state index contributed by atoms with van der Waals surface area (Å²) in [5.74, 6) is 0.612. The second kappa shape index (κ2) is 9.72. The van der Waals surface area contributed by atoms with Crippen LogP contribution in [0.3, 0.4) is 0 Å². The van der Waals surface area contributed by atoms with Crippen LogP contribution in [0, 0.1) is 0 Å². The minimum Gasteiger partial charge on any atom is -0.497 e. The van der Waals surface area contributed by atoms with Crippen molar-refractivity contribution >= 4 is 40.0 Å². The van der Waals surface area contributed by atoms with Crippen LogP contribution >= 0.6 is 11.6 Å². The van der Waals surface area contributed by atoms with E-state index in [-0.39, 0.29) is 30.9 Å². The van der Waals surface area contributed by atoms with E-state index in [1.165, 1.54) is 4.90 Å². The van der Waals surface area contributed by atoms with Gasteiger partial charge in [0.2, 0.25) is 5.91 Å². The number of para-hydroxylation sites is 1. The maximum Gasteiger partial charge on any atom is 0.265 e. The Morgan fingerprint density at radius 2 is 1.97 bits per heavy atom. The van der Waals surface area contributed by atoms with Gasteiger partial charge in [0, 0.05) is 34.6 Å². The lowest BCUT2D eigenvalue weighted by Gasteiger charge is -2.29. The van der Waals surface area contributed by atoms with E-state index in [2.05, 4.69) is 16.4 Å². The Balaban J connectivity index is 1.38. The van der Waals surface area contributed by atoms with Crippen molar-refractivity contribution in [3.63, 3.8) is 0 Å². The molecule has 178 valence electrons. The lowest BCUT2D eigenvalue weighted by Crippen LogP contribution is -2.45. The van der Waals surface area contributed by atoms with E-state index in [0.717, 1.165) is 27.8 Å². The first-order chi connectivity index (χ1) is 17.0. The van der Waals surface area contributed by atoms with Gasteiger partial charge in [0.15, 0.2) is 6.61 Å². The number of aromatic nitrogens is 1. The Morgan fingerprint density at radius 3 is 2.77 bits per heavy atom. The molecule has 0 fully saturated rings. The summed E-state index contributed by atoms with van der Waals surface area (Å²) in [6, 6.07) is 20.9. The van der Waals surface area contributed by atoms with E-state index in [9.17, 15) is 9.59 Å². The molecule has 1 aliphatic rings. The van der Waals surface area contributed by atoms with Crippen molar-refractivity contribution in [3.8, 4) is 11.5 Å². The minimum atomic E-state index is -0.293. The van der Waals surface area contributed by atoms with Crippen molar-refractivity contribution in [2.24, 2.45) is 0 Å². The Hall–Kier alpha value is -3.97. The Morgan fingerprint density at radius 1 is 1.17 bits per heavy atom. The number of hydrogen-bond acceptors (Lipinski definition) is 4. The van der Waals surface area contributed by atoms with E-state index in [0.29, 0.717) is 23.0 Å². The molecule has 1 atom stereocenters. The van der Waals surface area contributed by atoms with Crippen molar-refractivity contribution in [1.82, 2.24) is 10.3 Å². The van der Waals surface area contributed by atoms with E-state index in [1.807, 2.05) is 48.7 Å². The zero-order valence-electron chi connectivity index (χ0n) is 19.1. The molecule has 8 heteroatoms. The van der Waals surface area contributed by atoms with Crippen molar-refractivity contribution in [2.75, 3.05) is 31.7 Å². The highest BCUT2D eigenvalue weighted by molar-refractivity contribution is 6.31. The molecule has 1 aromatic heterocycles. The predicted molar refractivity (Wildman–Crippen MR) is 135 cm³/mol. The fourth-order valence-corrected chi connectivity index (χ4v) is 4.56. The number of anilines is 1. The van der Waals surface area contributed by atoms with Gasteiger partial charge in [-0.1, -0.05) is 41.9 Å². The molecule has 1 unspecified atom stereocenters. The quantitative estimate of drug-likeness (QED) is 0.400. The number of benzene rings is 3. The van der Waals surface area contributed by atoms with Crippen LogP contribution < -0.4 is 19.7 Å². The average Bonchev–Trinajstić information content (AvgIpc) is 3.30. The summed E-state index contributed by atoms with van der Waals surface area (Å²) in [5, 5.41) is 4.58. The average molecular weight is 490 g/mol. The van der Waals surface area contributed by atoms with Crippen LogP contribution in [0.1, 0.15) is 17.0 Å². The molecule has 2 N–H and O–H groups in total. The number of amides is 2. The maximum atomic E-state index is 13.0. The summed E-state index contributed by atoms with van der Waals surface area (Å²) in [4.78, 5) is 30.3. The number of nitrogens with zero attached hydrogens (tertiary/aromatic N) is 1. The lowest BCUT2D eigenvalue weighted by molar-refractivity contribution is -0.125. The molecule has 7 nitrogen and oxygen atoms in total. The summed E-state index contributed by atoms with van der Waals surface area (Å²) in [7, 11) is 1.63. The number of carbonyl (C=O) groups excluding carboxylic acids is 2. The molecule has 0 aliphatic carbocycles. The number of carbonyl (C=O) groups is 2. The number of ether oxygens (including phenoxy) is 2. The molecule has 2 heterocycles. The largest absolute Gasteiger partial charge is 0.497 e. The van der Waals surface area contributed by atoms with Crippen LogP contribution in [0.2, 0.25) is 5.02 Å². The molecule has 5 rings (SSSR count). The number of aromatic amines is 1. The van der Waals surface area contributed by atoms with Gasteiger partial charge in [0.1, 0.15) is 18.0 Å². The van der Waals surface area contributed by atoms with Crippen LogP contribution in [0.15, 0.2) is 72.9 Å². The molecule has 1 aliphatic heterocycles. The van der Waals surface area contributed by atoms with Gasteiger partial charge in [-0.05, 0) is 47.5 Å². The number of rotatable bonds is 7.